The van der Waals surface area contributed by atoms with Gasteiger partial charge in [-0.1, -0.05) is 48.5 Å². The number of carbonyl (C=O) groups is 4. The highest BCUT2D eigenvalue weighted by Crippen LogP contribution is 2.54. The number of alkyl carbamates (subject to hydrolysis) is 1. The van der Waals surface area contributed by atoms with Crippen LogP contribution < -0.4 is 16.0 Å². The van der Waals surface area contributed by atoms with E-state index >= 15 is 0 Å². The first-order chi connectivity index (χ1) is 22.6. The molecular weight excluding hydrogens is 596 g/mol. The number of hydrogen-bond acceptors (Lipinski definition) is 5. The Kier molecular flexibility index (Phi) is 9.84. The number of para-hydroxylation sites is 1. The summed E-state index contributed by atoms with van der Waals surface area (Å²) in [6.07, 6.45) is 7.82. The molecule has 1 aromatic heterocycles. The Morgan fingerprint density at radius 2 is 1.62 bits per heavy atom. The minimum Gasteiger partial charge on any atom is -0.481 e. The van der Waals surface area contributed by atoms with Crippen molar-refractivity contribution in [3.8, 4) is 0 Å². The minimum atomic E-state index is -1.37. The zero-order chi connectivity index (χ0) is 33.0. The molecule has 4 fully saturated rings. The molecule has 3 aromatic rings. The number of ether oxygens (including phenoxy) is 1. The first-order valence-corrected chi connectivity index (χ1v) is 17.0. The number of carboxylic acids is 1. The summed E-state index contributed by atoms with van der Waals surface area (Å²) in [5.41, 5.74) is 1.44. The highest BCUT2D eigenvalue weighted by atomic mass is 16.6. The quantitative estimate of drug-likeness (QED) is 0.165. The lowest BCUT2D eigenvalue weighted by molar-refractivity contribution is -0.137. The molecule has 4 aliphatic rings. The third-order valence-electron chi connectivity index (χ3n) is 10.5. The molecule has 4 bridgehead atoms. The Morgan fingerprint density at radius 1 is 0.936 bits per heavy atom. The maximum Gasteiger partial charge on any atom is 0.408 e. The molecule has 10 heteroatoms. The molecule has 0 spiro atoms. The Labute approximate surface area is 275 Å². The van der Waals surface area contributed by atoms with Crippen LogP contribution in [0.3, 0.4) is 0 Å². The van der Waals surface area contributed by atoms with Crippen LogP contribution in [0.2, 0.25) is 0 Å². The number of H-pyrrole nitrogens is 1. The number of amides is 3. The molecule has 4 saturated carbocycles. The van der Waals surface area contributed by atoms with E-state index in [-0.39, 0.29) is 50.1 Å². The monoisotopic (exact) mass is 642 g/mol. The highest BCUT2D eigenvalue weighted by Gasteiger charge is 2.50. The van der Waals surface area contributed by atoms with Gasteiger partial charge in [-0.05, 0) is 92.7 Å². The maximum absolute atomic E-state index is 14.3. The van der Waals surface area contributed by atoms with Gasteiger partial charge in [-0.2, -0.15) is 0 Å². The van der Waals surface area contributed by atoms with Gasteiger partial charge in [0.05, 0.1) is 6.04 Å². The highest BCUT2D eigenvalue weighted by molar-refractivity contribution is 5.92. The third kappa shape index (κ3) is 7.97. The van der Waals surface area contributed by atoms with Gasteiger partial charge in [0.1, 0.15) is 11.6 Å². The molecule has 10 nitrogen and oxygen atoms in total. The Bertz CT molecular complexity index is 1560. The first-order valence-electron chi connectivity index (χ1n) is 17.0. The number of aromatic nitrogens is 1. The zero-order valence-corrected chi connectivity index (χ0v) is 27.0. The number of carbonyl (C=O) groups excluding carboxylic acids is 3. The number of aromatic amines is 1. The predicted molar refractivity (Wildman–Crippen MR) is 177 cm³/mol. The second-order valence-electron chi connectivity index (χ2n) is 14.2. The van der Waals surface area contributed by atoms with Crippen molar-refractivity contribution >= 4 is 34.8 Å². The summed E-state index contributed by atoms with van der Waals surface area (Å²) in [6.45, 7) is 1.88. The molecule has 7 rings (SSSR count). The van der Waals surface area contributed by atoms with Crippen LogP contribution in [0.4, 0.5) is 4.79 Å². The summed E-state index contributed by atoms with van der Waals surface area (Å²) in [6, 6.07) is 17.0. The largest absolute Gasteiger partial charge is 0.481 e. The van der Waals surface area contributed by atoms with Crippen LogP contribution in [0.5, 0.6) is 0 Å². The maximum atomic E-state index is 14.3. The van der Waals surface area contributed by atoms with E-state index in [9.17, 15) is 19.2 Å². The molecule has 47 heavy (non-hydrogen) atoms. The van der Waals surface area contributed by atoms with Crippen molar-refractivity contribution < 1.29 is 29.0 Å². The number of carboxylic acid groups (broad SMARTS) is 1. The average Bonchev–Trinajstić information content (AvgIpc) is 3.43. The number of benzene rings is 2. The SMILES string of the molecule is C[C@](Cc1c[nH]c2ccccc12)(NC(=O)OC1C2CC3CC(C2)CC1C3)C(=O)N[C@H](CNC(=O)CCCC(=O)O)Cc1ccccc1. The molecule has 2 atom stereocenters. The summed E-state index contributed by atoms with van der Waals surface area (Å²) < 4.78 is 6.18. The van der Waals surface area contributed by atoms with Crippen molar-refractivity contribution in [2.45, 2.75) is 88.8 Å². The van der Waals surface area contributed by atoms with Gasteiger partial charge in [-0.3, -0.25) is 14.4 Å². The normalized spacial score (nSPS) is 24.7. The molecule has 0 aliphatic heterocycles. The van der Waals surface area contributed by atoms with Crippen molar-refractivity contribution in [2.24, 2.45) is 23.7 Å². The summed E-state index contributed by atoms with van der Waals surface area (Å²) in [7, 11) is 0. The van der Waals surface area contributed by atoms with Crippen LogP contribution in [0.25, 0.3) is 10.9 Å². The van der Waals surface area contributed by atoms with Gasteiger partial charge in [0.15, 0.2) is 0 Å². The van der Waals surface area contributed by atoms with Gasteiger partial charge in [0.25, 0.3) is 0 Å². The molecule has 0 saturated heterocycles. The van der Waals surface area contributed by atoms with Crippen LogP contribution in [-0.4, -0.2) is 58.2 Å². The lowest BCUT2D eigenvalue weighted by atomic mass is 9.55. The average molecular weight is 643 g/mol. The summed E-state index contributed by atoms with van der Waals surface area (Å²) in [4.78, 5) is 54.7. The first kappa shape index (κ1) is 32.6. The number of fused-ring (bicyclic) bond motifs is 1. The lowest BCUT2D eigenvalue weighted by Crippen LogP contribution is -2.62. The lowest BCUT2D eigenvalue weighted by Gasteiger charge is -2.53. The van der Waals surface area contributed by atoms with E-state index in [4.69, 9.17) is 9.84 Å². The number of nitrogens with one attached hydrogen (secondary N) is 4. The van der Waals surface area contributed by atoms with Crippen LogP contribution >= 0.6 is 0 Å². The number of aliphatic carboxylic acids is 1. The second-order valence-corrected chi connectivity index (χ2v) is 14.2. The second kappa shape index (κ2) is 14.2. The predicted octanol–water partition coefficient (Wildman–Crippen LogP) is 5.12. The topological polar surface area (TPSA) is 150 Å². The smallest absolute Gasteiger partial charge is 0.408 e. The standard InChI is InChI=1S/C37H46N4O6/c1-37(20-28-21-38-31-11-6-5-10-30(28)31,41-36(46)47-34-26-15-24-14-25(17-26)18-27(34)16-24)35(45)40-29(19-23-8-3-2-4-9-23)22-39-32(42)12-7-13-33(43)44/h2-6,8-11,21,24-27,29,34,38H,7,12-20,22H2,1H3,(H,39,42)(H,40,45)(H,41,46)(H,43,44)/t24?,25?,26?,27?,29-,34?,37+/m0/s1. The van der Waals surface area contributed by atoms with E-state index in [0.717, 1.165) is 59.5 Å². The Hall–Kier alpha value is -4.34. The molecule has 1 heterocycles. The molecule has 2 aromatic carbocycles. The fraction of sp³-hybridized carbons (Fsp3) is 0.514. The molecular formula is C37H46N4O6. The van der Waals surface area contributed by atoms with Crippen LogP contribution in [-0.2, 0) is 32.0 Å². The van der Waals surface area contributed by atoms with Crippen molar-refractivity contribution in [3.63, 3.8) is 0 Å². The van der Waals surface area contributed by atoms with E-state index in [2.05, 4.69) is 20.9 Å². The number of hydrogen-bond donors (Lipinski definition) is 5. The summed E-state index contributed by atoms with van der Waals surface area (Å²) in [5.74, 6) is 0.661. The van der Waals surface area contributed by atoms with E-state index < -0.39 is 23.6 Å². The summed E-state index contributed by atoms with van der Waals surface area (Å²) >= 11 is 0. The van der Waals surface area contributed by atoms with E-state index in [1.54, 1.807) is 6.92 Å². The number of rotatable bonds is 14. The van der Waals surface area contributed by atoms with Crippen molar-refractivity contribution in [1.29, 1.82) is 0 Å². The van der Waals surface area contributed by atoms with Crippen molar-refractivity contribution in [2.75, 3.05) is 6.54 Å². The molecule has 0 radical (unpaired) electrons. The van der Waals surface area contributed by atoms with Gasteiger partial charge in [0, 0.05) is 42.9 Å². The molecule has 0 unspecified atom stereocenters. The van der Waals surface area contributed by atoms with Gasteiger partial charge in [0.2, 0.25) is 11.8 Å². The van der Waals surface area contributed by atoms with Crippen LogP contribution in [0, 0.1) is 23.7 Å². The molecule has 4 aliphatic carbocycles. The van der Waals surface area contributed by atoms with Gasteiger partial charge < -0.3 is 30.8 Å². The Morgan fingerprint density at radius 3 is 2.32 bits per heavy atom. The molecule has 5 N–H and O–H groups in total. The van der Waals surface area contributed by atoms with Gasteiger partial charge in [-0.25, -0.2) is 4.79 Å². The van der Waals surface area contributed by atoms with Crippen LogP contribution in [0.15, 0.2) is 60.8 Å². The third-order valence-corrected chi connectivity index (χ3v) is 10.5. The van der Waals surface area contributed by atoms with Crippen LogP contribution in [0.1, 0.15) is 69.4 Å². The van der Waals surface area contributed by atoms with Crippen molar-refractivity contribution in [1.82, 2.24) is 20.9 Å². The fourth-order valence-corrected chi connectivity index (χ4v) is 8.43. The zero-order valence-electron chi connectivity index (χ0n) is 27.0. The summed E-state index contributed by atoms with van der Waals surface area (Å²) in [5, 5.41) is 18.9. The van der Waals surface area contributed by atoms with E-state index in [0.29, 0.717) is 18.3 Å². The fourth-order valence-electron chi connectivity index (χ4n) is 8.43. The minimum absolute atomic E-state index is 0.0780. The van der Waals surface area contributed by atoms with Crippen molar-refractivity contribution in [3.05, 3.63) is 71.9 Å². The van der Waals surface area contributed by atoms with Gasteiger partial charge >= 0.3 is 12.1 Å². The van der Waals surface area contributed by atoms with E-state index in [1.807, 2.05) is 60.8 Å². The Balaban J connectivity index is 1.19. The van der Waals surface area contributed by atoms with E-state index in [1.165, 1.54) is 6.42 Å². The molecule has 3 amide bonds. The van der Waals surface area contributed by atoms with Gasteiger partial charge in [-0.15, -0.1) is 0 Å². The molecule has 250 valence electrons.